The van der Waals surface area contributed by atoms with Gasteiger partial charge in [0.05, 0.1) is 18.8 Å². The Hall–Kier alpha value is -1.08. The van der Waals surface area contributed by atoms with Gasteiger partial charge < -0.3 is 19.5 Å². The van der Waals surface area contributed by atoms with Gasteiger partial charge in [0.25, 0.3) is 0 Å². The summed E-state index contributed by atoms with van der Waals surface area (Å²) in [6.45, 7) is 8.60. The van der Waals surface area contributed by atoms with E-state index < -0.39 is 7.12 Å². The van der Waals surface area contributed by atoms with Crippen molar-refractivity contribution in [2.75, 3.05) is 20.2 Å². The highest BCUT2D eigenvalue weighted by Gasteiger charge is 2.31. The standard InChI is InChI=1S/C15H24BNO4/c1-11-8-17(10-15(2,3)21-11)9-12-7-13(16(18)19)5-6-14(12)20-4/h5-7,11,18-19H,8-10H2,1-4H3. The zero-order valence-corrected chi connectivity index (χ0v) is 13.2. The van der Waals surface area contributed by atoms with Gasteiger partial charge in [0.15, 0.2) is 0 Å². The number of ether oxygens (including phenoxy) is 2. The van der Waals surface area contributed by atoms with Crippen molar-refractivity contribution in [1.29, 1.82) is 0 Å². The molecule has 1 unspecified atom stereocenters. The van der Waals surface area contributed by atoms with Crippen molar-refractivity contribution in [3.63, 3.8) is 0 Å². The number of morpholine rings is 1. The monoisotopic (exact) mass is 293 g/mol. The minimum Gasteiger partial charge on any atom is -0.496 e. The molecule has 0 saturated carbocycles. The Labute approximate surface area is 126 Å². The molecule has 21 heavy (non-hydrogen) atoms. The predicted molar refractivity (Wildman–Crippen MR) is 82.7 cm³/mol. The van der Waals surface area contributed by atoms with Gasteiger partial charge in [-0.1, -0.05) is 12.1 Å². The second-order valence-electron chi connectivity index (χ2n) is 6.30. The maximum Gasteiger partial charge on any atom is 0.488 e. The van der Waals surface area contributed by atoms with Gasteiger partial charge in [-0.15, -0.1) is 0 Å². The fourth-order valence-electron chi connectivity index (χ4n) is 3.03. The first-order valence-corrected chi connectivity index (χ1v) is 7.24. The number of benzene rings is 1. The van der Waals surface area contributed by atoms with Crippen molar-refractivity contribution >= 4 is 12.6 Å². The van der Waals surface area contributed by atoms with E-state index in [1.54, 1.807) is 25.3 Å². The van der Waals surface area contributed by atoms with Crippen LogP contribution in [0.25, 0.3) is 0 Å². The van der Waals surface area contributed by atoms with Crippen molar-refractivity contribution in [2.24, 2.45) is 0 Å². The molecule has 2 rings (SSSR count). The fourth-order valence-corrected chi connectivity index (χ4v) is 3.03. The van der Waals surface area contributed by atoms with Gasteiger partial charge in [-0.2, -0.15) is 0 Å². The van der Waals surface area contributed by atoms with Gasteiger partial charge in [-0.25, -0.2) is 0 Å². The third-order valence-corrected chi connectivity index (χ3v) is 3.64. The van der Waals surface area contributed by atoms with Gasteiger partial charge in [0.2, 0.25) is 0 Å². The summed E-state index contributed by atoms with van der Waals surface area (Å²) in [6, 6.07) is 5.23. The first-order chi connectivity index (χ1) is 9.80. The Morgan fingerprint density at radius 1 is 1.43 bits per heavy atom. The maximum atomic E-state index is 9.32. The van der Waals surface area contributed by atoms with E-state index in [9.17, 15) is 10.0 Å². The Balaban J connectivity index is 2.19. The Kier molecular flexibility index (Phi) is 4.93. The van der Waals surface area contributed by atoms with Crippen LogP contribution in [0.2, 0.25) is 0 Å². The molecule has 1 aromatic carbocycles. The lowest BCUT2D eigenvalue weighted by Crippen LogP contribution is -2.51. The van der Waals surface area contributed by atoms with Gasteiger partial charge in [0.1, 0.15) is 5.75 Å². The number of nitrogens with zero attached hydrogens (tertiary/aromatic N) is 1. The highest BCUT2D eigenvalue weighted by molar-refractivity contribution is 6.58. The van der Waals surface area contributed by atoms with Crippen molar-refractivity contribution < 1.29 is 19.5 Å². The number of hydrogen-bond acceptors (Lipinski definition) is 5. The van der Waals surface area contributed by atoms with Crippen molar-refractivity contribution in [1.82, 2.24) is 4.90 Å². The largest absolute Gasteiger partial charge is 0.496 e. The summed E-state index contributed by atoms with van der Waals surface area (Å²) >= 11 is 0. The van der Waals surface area contributed by atoms with E-state index in [-0.39, 0.29) is 11.7 Å². The summed E-state index contributed by atoms with van der Waals surface area (Å²) in [5, 5.41) is 18.6. The van der Waals surface area contributed by atoms with Crippen LogP contribution in [0.3, 0.4) is 0 Å². The molecular formula is C15H24BNO4. The quantitative estimate of drug-likeness (QED) is 0.786. The summed E-state index contributed by atoms with van der Waals surface area (Å²) in [7, 11) is 0.162. The highest BCUT2D eigenvalue weighted by Crippen LogP contribution is 2.25. The van der Waals surface area contributed by atoms with Gasteiger partial charge in [0, 0.05) is 25.2 Å². The van der Waals surface area contributed by atoms with E-state index >= 15 is 0 Å². The highest BCUT2D eigenvalue weighted by atomic mass is 16.5. The zero-order chi connectivity index (χ0) is 15.6. The Morgan fingerprint density at radius 3 is 2.71 bits per heavy atom. The van der Waals surface area contributed by atoms with Crippen LogP contribution < -0.4 is 10.2 Å². The van der Waals surface area contributed by atoms with E-state index in [1.807, 2.05) is 0 Å². The molecule has 1 fully saturated rings. The number of hydrogen-bond donors (Lipinski definition) is 2. The number of rotatable bonds is 4. The summed E-state index contributed by atoms with van der Waals surface area (Å²) in [5.41, 5.74) is 1.25. The van der Waals surface area contributed by atoms with Crippen LogP contribution in [0.15, 0.2) is 18.2 Å². The third kappa shape index (κ3) is 4.20. The van der Waals surface area contributed by atoms with Gasteiger partial charge >= 0.3 is 7.12 Å². The third-order valence-electron chi connectivity index (χ3n) is 3.64. The molecule has 0 bridgehead atoms. The van der Waals surface area contributed by atoms with Gasteiger partial charge in [-0.3, -0.25) is 4.90 Å². The lowest BCUT2D eigenvalue weighted by molar-refractivity contribution is -0.130. The molecule has 1 atom stereocenters. The van der Waals surface area contributed by atoms with E-state index in [0.717, 1.165) is 24.4 Å². The van der Waals surface area contributed by atoms with Crippen LogP contribution in [0, 0.1) is 0 Å². The Morgan fingerprint density at radius 2 is 2.14 bits per heavy atom. The molecule has 6 heteroatoms. The lowest BCUT2D eigenvalue weighted by atomic mass is 9.79. The van der Waals surface area contributed by atoms with Crippen LogP contribution in [-0.4, -0.2) is 54.0 Å². The maximum absolute atomic E-state index is 9.32. The molecule has 1 saturated heterocycles. The van der Waals surface area contributed by atoms with Gasteiger partial charge in [-0.05, 0) is 32.3 Å². The summed E-state index contributed by atoms with van der Waals surface area (Å²) < 4.78 is 11.3. The van der Waals surface area contributed by atoms with Crippen molar-refractivity contribution in [3.05, 3.63) is 23.8 Å². The molecule has 0 amide bonds. The Bertz CT molecular complexity index is 493. The molecule has 116 valence electrons. The fraction of sp³-hybridized carbons (Fsp3) is 0.600. The second-order valence-corrected chi connectivity index (χ2v) is 6.30. The van der Waals surface area contributed by atoms with E-state index in [0.29, 0.717) is 12.0 Å². The molecule has 1 aromatic rings. The van der Waals surface area contributed by atoms with Crippen LogP contribution in [0.1, 0.15) is 26.3 Å². The van der Waals surface area contributed by atoms with Crippen LogP contribution in [0.4, 0.5) is 0 Å². The second kappa shape index (κ2) is 6.36. The molecule has 0 aromatic heterocycles. The SMILES string of the molecule is COc1ccc(B(O)O)cc1CN1CC(C)OC(C)(C)C1. The average molecular weight is 293 g/mol. The van der Waals surface area contributed by atoms with E-state index in [2.05, 4.69) is 25.7 Å². The number of methoxy groups -OCH3 is 1. The van der Waals surface area contributed by atoms with Crippen molar-refractivity contribution in [2.45, 2.75) is 39.0 Å². The topological polar surface area (TPSA) is 62.2 Å². The molecule has 0 spiro atoms. The first kappa shape index (κ1) is 16.3. The minimum absolute atomic E-state index is 0.173. The van der Waals surface area contributed by atoms with Crippen LogP contribution >= 0.6 is 0 Å². The summed E-state index contributed by atoms with van der Waals surface area (Å²) in [5.74, 6) is 0.761. The van der Waals surface area contributed by atoms with Crippen LogP contribution in [-0.2, 0) is 11.3 Å². The predicted octanol–water partition coefficient (Wildman–Crippen LogP) is 0.374. The van der Waals surface area contributed by atoms with Crippen molar-refractivity contribution in [3.8, 4) is 5.75 Å². The minimum atomic E-state index is -1.46. The lowest BCUT2D eigenvalue weighted by Gasteiger charge is -2.41. The summed E-state index contributed by atoms with van der Waals surface area (Å²) in [4.78, 5) is 2.31. The smallest absolute Gasteiger partial charge is 0.488 e. The molecule has 1 aliphatic rings. The average Bonchev–Trinajstić information content (AvgIpc) is 2.36. The van der Waals surface area contributed by atoms with E-state index in [4.69, 9.17) is 9.47 Å². The van der Waals surface area contributed by atoms with E-state index in [1.165, 1.54) is 0 Å². The molecule has 1 aliphatic heterocycles. The molecule has 5 nitrogen and oxygen atoms in total. The molecule has 0 aliphatic carbocycles. The summed E-state index contributed by atoms with van der Waals surface area (Å²) in [6.07, 6.45) is 0.173. The molecule has 1 heterocycles. The normalized spacial score (nSPS) is 22.1. The van der Waals surface area contributed by atoms with Crippen LogP contribution in [0.5, 0.6) is 5.75 Å². The molecular weight excluding hydrogens is 269 g/mol. The first-order valence-electron chi connectivity index (χ1n) is 7.24. The zero-order valence-electron chi connectivity index (χ0n) is 13.2. The molecule has 0 radical (unpaired) electrons. The molecule has 2 N–H and O–H groups in total.